The molecular weight excluding hydrogens is 599 g/mol. The lowest BCUT2D eigenvalue weighted by Crippen LogP contribution is -2.37. The van der Waals surface area contributed by atoms with Crippen molar-refractivity contribution in [2.75, 3.05) is 6.61 Å². The van der Waals surface area contributed by atoms with E-state index in [1.165, 1.54) is 47.9 Å². The summed E-state index contributed by atoms with van der Waals surface area (Å²) in [5.74, 6) is -2.90. The van der Waals surface area contributed by atoms with Crippen molar-refractivity contribution in [1.82, 2.24) is 24.9 Å². The van der Waals surface area contributed by atoms with E-state index in [0.29, 0.717) is 17.8 Å². The van der Waals surface area contributed by atoms with Crippen molar-refractivity contribution in [3.63, 3.8) is 0 Å². The minimum absolute atomic E-state index is 0.0289. The van der Waals surface area contributed by atoms with E-state index in [9.17, 15) is 26.7 Å². The highest BCUT2D eigenvalue weighted by molar-refractivity contribution is 5.82. The topological polar surface area (TPSA) is 106 Å². The Hall–Kier alpha value is -4.88. The van der Waals surface area contributed by atoms with Gasteiger partial charge in [-0.25, -0.2) is 28.5 Å². The lowest BCUT2D eigenvalue weighted by atomic mass is 10.0. The molecule has 45 heavy (non-hydrogen) atoms. The predicted octanol–water partition coefficient (Wildman–Crippen LogP) is 6.85. The van der Waals surface area contributed by atoms with Gasteiger partial charge in [-0.1, -0.05) is 13.0 Å². The Balaban J connectivity index is 1.48. The van der Waals surface area contributed by atoms with E-state index >= 15 is 0 Å². The number of imidazole rings is 1. The van der Waals surface area contributed by atoms with Gasteiger partial charge in [-0.3, -0.25) is 5.01 Å². The van der Waals surface area contributed by atoms with Crippen molar-refractivity contribution in [3.05, 3.63) is 82.9 Å². The molecule has 0 radical (unpaired) electrons. The molecule has 0 aliphatic carbocycles. The highest BCUT2D eigenvalue weighted by Crippen LogP contribution is 2.39. The molecule has 4 aromatic rings. The van der Waals surface area contributed by atoms with Gasteiger partial charge in [-0.15, -0.1) is 0 Å². The summed E-state index contributed by atoms with van der Waals surface area (Å²) < 4.78 is 81.2. The molecule has 0 saturated carbocycles. The normalized spacial score (nSPS) is 13.8. The van der Waals surface area contributed by atoms with Crippen LogP contribution in [0.2, 0.25) is 0 Å². The van der Waals surface area contributed by atoms with Crippen LogP contribution in [0, 0.1) is 11.6 Å². The number of aromatic amines is 1. The van der Waals surface area contributed by atoms with E-state index in [2.05, 4.69) is 25.0 Å². The number of hydrogen-bond acceptors (Lipinski definition) is 8. The van der Waals surface area contributed by atoms with Gasteiger partial charge in [-0.2, -0.15) is 18.3 Å². The van der Waals surface area contributed by atoms with Gasteiger partial charge in [0.05, 0.1) is 36.2 Å². The van der Waals surface area contributed by atoms with Gasteiger partial charge < -0.3 is 14.5 Å². The number of rotatable bonds is 8. The number of benzene rings is 2. The van der Waals surface area contributed by atoms with Crippen LogP contribution >= 0.6 is 0 Å². The minimum atomic E-state index is -4.71. The first-order chi connectivity index (χ1) is 21.2. The summed E-state index contributed by atoms with van der Waals surface area (Å²) in [6.45, 7) is 7.11. The lowest BCUT2D eigenvalue weighted by molar-refractivity contribution is -0.162. The molecule has 5 rings (SSSR count). The van der Waals surface area contributed by atoms with Crippen molar-refractivity contribution in [3.8, 4) is 28.5 Å². The number of aromatic nitrogens is 4. The van der Waals surface area contributed by atoms with Crippen LogP contribution in [0.15, 0.2) is 53.9 Å². The van der Waals surface area contributed by atoms with Gasteiger partial charge >= 0.3 is 12.1 Å². The van der Waals surface area contributed by atoms with Crippen LogP contribution in [0.3, 0.4) is 0 Å². The Morgan fingerprint density at radius 2 is 1.80 bits per heavy atom. The van der Waals surface area contributed by atoms with E-state index in [4.69, 9.17) is 9.47 Å². The molecule has 0 fully saturated rings. The van der Waals surface area contributed by atoms with Crippen LogP contribution in [0.25, 0.3) is 22.8 Å². The SMILES string of the molecule is CCCOc1ccc(-c2ncc(C(C(=O)OC(C)(C)C)N3Cc4[nH]c(-c5cccc(F)c5F)nc4C=N3)cn2)c(C(F)(F)F)c1. The molecule has 1 aliphatic heterocycles. The van der Waals surface area contributed by atoms with E-state index in [1.807, 2.05) is 6.92 Å². The van der Waals surface area contributed by atoms with Gasteiger partial charge in [0.1, 0.15) is 22.9 Å². The molecule has 1 aliphatic rings. The lowest BCUT2D eigenvalue weighted by Gasteiger charge is -2.31. The predicted molar refractivity (Wildman–Crippen MR) is 154 cm³/mol. The van der Waals surface area contributed by atoms with E-state index in [-0.39, 0.29) is 47.2 Å². The largest absolute Gasteiger partial charge is 0.494 e. The zero-order chi connectivity index (χ0) is 32.5. The molecule has 1 atom stereocenters. The number of esters is 1. The van der Waals surface area contributed by atoms with Crippen molar-refractivity contribution in [1.29, 1.82) is 0 Å². The van der Waals surface area contributed by atoms with Gasteiger partial charge in [0.15, 0.2) is 23.5 Å². The van der Waals surface area contributed by atoms with Gasteiger partial charge in [0, 0.05) is 23.5 Å². The number of carbonyl (C=O) groups is 1. The van der Waals surface area contributed by atoms with Gasteiger partial charge in [-0.05, 0) is 57.5 Å². The highest BCUT2D eigenvalue weighted by atomic mass is 19.4. The smallest absolute Gasteiger partial charge is 0.417 e. The van der Waals surface area contributed by atoms with Gasteiger partial charge in [0.25, 0.3) is 0 Å². The average molecular weight is 629 g/mol. The highest BCUT2D eigenvalue weighted by Gasteiger charge is 2.37. The maximum atomic E-state index is 14.4. The molecule has 0 amide bonds. The second-order valence-electron chi connectivity index (χ2n) is 11.2. The Labute approximate surface area is 255 Å². The number of ether oxygens (including phenoxy) is 2. The third-order valence-corrected chi connectivity index (χ3v) is 6.59. The van der Waals surface area contributed by atoms with Crippen LogP contribution in [-0.2, 0) is 22.3 Å². The molecular formula is C31H29F5N6O3. The average Bonchev–Trinajstić information content (AvgIpc) is 3.40. The molecule has 0 bridgehead atoms. The molecule has 3 heterocycles. The second-order valence-corrected chi connectivity index (χ2v) is 11.2. The fraction of sp³-hybridized carbons (Fsp3) is 0.323. The monoisotopic (exact) mass is 628 g/mol. The fourth-order valence-corrected chi connectivity index (χ4v) is 4.62. The first-order valence-electron chi connectivity index (χ1n) is 14.0. The molecule has 14 heteroatoms. The summed E-state index contributed by atoms with van der Waals surface area (Å²) in [7, 11) is 0. The third kappa shape index (κ3) is 6.94. The van der Waals surface area contributed by atoms with Gasteiger partial charge in [0.2, 0.25) is 0 Å². The zero-order valence-electron chi connectivity index (χ0n) is 24.7. The number of hydrogen-bond donors (Lipinski definition) is 1. The number of hydrazone groups is 1. The van der Waals surface area contributed by atoms with Crippen molar-refractivity contribution in [2.24, 2.45) is 5.10 Å². The number of H-pyrrole nitrogens is 1. The van der Waals surface area contributed by atoms with E-state index < -0.39 is 41.0 Å². The maximum Gasteiger partial charge on any atom is 0.417 e. The fourth-order valence-electron chi connectivity index (χ4n) is 4.62. The number of carbonyl (C=O) groups excluding carboxylic acids is 1. The number of halogens is 5. The third-order valence-electron chi connectivity index (χ3n) is 6.59. The quantitative estimate of drug-likeness (QED) is 0.168. The second kappa shape index (κ2) is 12.3. The molecule has 1 N–H and O–H groups in total. The maximum absolute atomic E-state index is 14.4. The Morgan fingerprint density at radius 3 is 2.47 bits per heavy atom. The molecule has 9 nitrogen and oxygen atoms in total. The first-order valence-corrected chi connectivity index (χ1v) is 14.0. The molecule has 2 aromatic heterocycles. The van der Waals surface area contributed by atoms with Crippen LogP contribution < -0.4 is 4.74 Å². The molecule has 1 unspecified atom stereocenters. The standard InChI is InChI=1S/C31H29F5N6O3/c1-5-11-44-18-9-10-19(21(12-18)31(34,35)36)27-37-13-17(14-38-27)26(29(43)45-30(2,3)4)42-16-24-23(15-39-42)40-28(41-24)20-7-6-8-22(32)25(20)33/h6-10,12-15,26H,5,11,16H2,1-4H3,(H,40,41). The molecule has 236 valence electrons. The van der Waals surface area contributed by atoms with Crippen molar-refractivity contribution < 1.29 is 36.2 Å². The summed E-state index contributed by atoms with van der Waals surface area (Å²) in [6.07, 6.45) is -0.254. The Bertz CT molecular complexity index is 1730. The summed E-state index contributed by atoms with van der Waals surface area (Å²) in [5.41, 5.74) is -1.20. The molecule has 0 saturated heterocycles. The summed E-state index contributed by atoms with van der Waals surface area (Å²) in [6, 6.07) is 6.05. The summed E-state index contributed by atoms with van der Waals surface area (Å²) in [4.78, 5) is 29.1. The number of fused-ring (bicyclic) bond motifs is 1. The number of nitrogens with one attached hydrogen (secondary N) is 1. The zero-order valence-corrected chi connectivity index (χ0v) is 24.7. The minimum Gasteiger partial charge on any atom is -0.494 e. The summed E-state index contributed by atoms with van der Waals surface area (Å²) in [5, 5.41) is 5.71. The van der Waals surface area contributed by atoms with Crippen LogP contribution in [-0.4, -0.2) is 49.3 Å². The van der Waals surface area contributed by atoms with E-state index in [1.54, 1.807) is 20.8 Å². The number of nitrogens with zero attached hydrogens (tertiary/aromatic N) is 5. The van der Waals surface area contributed by atoms with Crippen molar-refractivity contribution in [2.45, 2.75) is 58.5 Å². The summed E-state index contributed by atoms with van der Waals surface area (Å²) >= 11 is 0. The first kappa shape index (κ1) is 31.5. The van der Waals surface area contributed by atoms with Crippen LogP contribution in [0.5, 0.6) is 5.75 Å². The van der Waals surface area contributed by atoms with E-state index in [0.717, 1.165) is 12.1 Å². The van der Waals surface area contributed by atoms with Crippen molar-refractivity contribution >= 4 is 12.2 Å². The Morgan fingerprint density at radius 1 is 1.07 bits per heavy atom. The number of alkyl halides is 3. The molecule has 2 aromatic carbocycles. The Kier molecular flexibility index (Phi) is 8.59. The molecule has 0 spiro atoms. The van der Waals surface area contributed by atoms with Crippen LogP contribution in [0.1, 0.15) is 62.7 Å². The van der Waals surface area contributed by atoms with Crippen LogP contribution in [0.4, 0.5) is 22.0 Å².